The maximum absolute atomic E-state index is 11.4. The number of likely N-dealkylation sites (tertiary alicyclic amines) is 1. The molecule has 4 nitrogen and oxygen atoms in total. The maximum Gasteiger partial charge on any atom is 0.306 e. The topological polar surface area (TPSA) is 49.8 Å². The second-order valence-corrected chi connectivity index (χ2v) is 8.21. The summed E-state index contributed by atoms with van der Waals surface area (Å²) in [4.78, 5) is 13.8. The van der Waals surface area contributed by atoms with E-state index in [4.69, 9.17) is 16.3 Å². The Bertz CT molecular complexity index is 1040. The van der Waals surface area contributed by atoms with Gasteiger partial charge in [0.25, 0.3) is 0 Å². The van der Waals surface area contributed by atoms with Crippen LogP contribution in [0, 0.1) is 5.92 Å². The van der Waals surface area contributed by atoms with E-state index < -0.39 is 5.97 Å². The minimum atomic E-state index is -0.699. The molecule has 0 aliphatic carbocycles. The molecule has 1 atom stereocenters. The molecule has 1 saturated heterocycles. The van der Waals surface area contributed by atoms with Gasteiger partial charge in [0, 0.05) is 10.6 Å². The fourth-order valence-electron chi connectivity index (χ4n) is 4.39. The van der Waals surface area contributed by atoms with Crippen molar-refractivity contribution in [3.8, 4) is 5.75 Å². The number of piperidine rings is 1. The van der Waals surface area contributed by atoms with Crippen molar-refractivity contribution < 1.29 is 14.6 Å². The Balaban J connectivity index is 1.79. The van der Waals surface area contributed by atoms with Crippen LogP contribution in [-0.2, 0) is 4.79 Å². The molecule has 3 aromatic rings. The number of fused-ring (bicyclic) bond motifs is 1. The van der Waals surface area contributed by atoms with Crippen molar-refractivity contribution in [3.05, 3.63) is 76.8 Å². The van der Waals surface area contributed by atoms with Crippen LogP contribution in [0.15, 0.2) is 60.7 Å². The largest absolute Gasteiger partial charge is 0.494 e. The van der Waals surface area contributed by atoms with Gasteiger partial charge in [-0.05, 0) is 73.5 Å². The fourth-order valence-corrected chi connectivity index (χ4v) is 4.57. The summed E-state index contributed by atoms with van der Waals surface area (Å²) in [6.07, 6.45) is 1.29. The molecule has 1 heterocycles. The highest BCUT2D eigenvalue weighted by Crippen LogP contribution is 2.39. The average Bonchev–Trinajstić information content (AvgIpc) is 2.76. The third kappa shape index (κ3) is 4.30. The maximum atomic E-state index is 11.4. The quantitative estimate of drug-likeness (QED) is 0.546. The second-order valence-electron chi connectivity index (χ2n) is 7.77. The zero-order chi connectivity index (χ0) is 21.1. The van der Waals surface area contributed by atoms with Gasteiger partial charge < -0.3 is 9.84 Å². The first-order chi connectivity index (χ1) is 14.6. The molecule has 0 aromatic heterocycles. The van der Waals surface area contributed by atoms with Crippen LogP contribution in [0.1, 0.15) is 36.9 Å². The van der Waals surface area contributed by atoms with E-state index in [0.29, 0.717) is 37.6 Å². The molecule has 0 spiro atoms. The van der Waals surface area contributed by atoms with E-state index in [0.717, 1.165) is 16.9 Å². The number of halogens is 1. The van der Waals surface area contributed by atoms with Crippen molar-refractivity contribution in [2.45, 2.75) is 25.8 Å². The van der Waals surface area contributed by atoms with Crippen molar-refractivity contribution in [1.29, 1.82) is 0 Å². The van der Waals surface area contributed by atoms with E-state index in [1.807, 2.05) is 37.3 Å². The molecule has 156 valence electrons. The monoisotopic (exact) mass is 423 g/mol. The minimum Gasteiger partial charge on any atom is -0.494 e. The Hall–Kier alpha value is -2.56. The number of ether oxygens (including phenoxy) is 1. The van der Waals surface area contributed by atoms with E-state index in [1.54, 1.807) is 0 Å². The fraction of sp³-hybridized carbons (Fsp3) is 0.320. The van der Waals surface area contributed by atoms with Crippen molar-refractivity contribution in [3.63, 3.8) is 0 Å². The van der Waals surface area contributed by atoms with Crippen LogP contribution in [0.3, 0.4) is 0 Å². The Labute approximate surface area is 182 Å². The lowest BCUT2D eigenvalue weighted by atomic mass is 9.90. The molecule has 1 aliphatic heterocycles. The SMILES string of the molecule is CCOc1ccc(Cl)cc1C(c1ccc2ccccc2c1)N1CCC(C(=O)O)CC1. The molecule has 1 unspecified atom stereocenters. The van der Waals surface area contributed by atoms with Crippen LogP contribution in [0.25, 0.3) is 10.8 Å². The van der Waals surface area contributed by atoms with Gasteiger partial charge in [0.05, 0.1) is 18.6 Å². The highest BCUT2D eigenvalue weighted by Gasteiger charge is 2.31. The summed E-state index contributed by atoms with van der Waals surface area (Å²) in [6.45, 7) is 3.97. The Morgan fingerprint density at radius 3 is 2.53 bits per heavy atom. The average molecular weight is 424 g/mol. The van der Waals surface area contributed by atoms with Crippen molar-refractivity contribution in [2.75, 3.05) is 19.7 Å². The molecule has 0 amide bonds. The lowest BCUT2D eigenvalue weighted by Gasteiger charge is -2.37. The lowest BCUT2D eigenvalue weighted by molar-refractivity contribution is -0.143. The van der Waals surface area contributed by atoms with E-state index in [-0.39, 0.29) is 12.0 Å². The molecule has 0 bridgehead atoms. The zero-order valence-corrected chi connectivity index (χ0v) is 17.8. The Morgan fingerprint density at radius 1 is 1.10 bits per heavy atom. The van der Waals surface area contributed by atoms with Crippen LogP contribution in [0.4, 0.5) is 0 Å². The number of aliphatic carboxylic acids is 1. The highest BCUT2D eigenvalue weighted by molar-refractivity contribution is 6.30. The smallest absolute Gasteiger partial charge is 0.306 e. The molecule has 1 aliphatic rings. The van der Waals surface area contributed by atoms with E-state index in [2.05, 4.69) is 35.2 Å². The predicted octanol–water partition coefficient (Wildman–Crippen LogP) is 5.78. The van der Waals surface area contributed by atoms with Crippen LogP contribution >= 0.6 is 11.6 Å². The molecule has 4 rings (SSSR count). The van der Waals surface area contributed by atoms with E-state index in [9.17, 15) is 9.90 Å². The van der Waals surface area contributed by atoms with Crippen LogP contribution in [-0.4, -0.2) is 35.7 Å². The number of benzene rings is 3. The Morgan fingerprint density at radius 2 is 1.83 bits per heavy atom. The lowest BCUT2D eigenvalue weighted by Crippen LogP contribution is -2.39. The number of hydrogen-bond acceptors (Lipinski definition) is 3. The van der Waals surface area contributed by atoms with Gasteiger partial charge in [0.2, 0.25) is 0 Å². The number of carbonyl (C=O) groups is 1. The van der Waals surface area contributed by atoms with E-state index in [1.165, 1.54) is 10.8 Å². The third-order valence-corrected chi connectivity index (χ3v) is 6.13. The van der Waals surface area contributed by atoms with Crippen molar-refractivity contribution >= 4 is 28.3 Å². The summed E-state index contributed by atoms with van der Waals surface area (Å²) in [7, 11) is 0. The van der Waals surface area contributed by atoms with Gasteiger partial charge in [0.15, 0.2) is 0 Å². The first-order valence-electron chi connectivity index (χ1n) is 10.4. The normalized spacial score (nSPS) is 16.5. The molecule has 0 saturated carbocycles. The molecule has 30 heavy (non-hydrogen) atoms. The standard InChI is InChI=1S/C25H26ClNO3/c1-2-30-23-10-9-21(26)16-22(23)24(27-13-11-18(12-14-27)25(28)29)20-8-7-17-5-3-4-6-19(17)15-20/h3-10,15-16,18,24H,2,11-14H2,1H3,(H,28,29). The number of carboxylic acid groups (broad SMARTS) is 1. The first-order valence-corrected chi connectivity index (χ1v) is 10.8. The summed E-state index contributed by atoms with van der Waals surface area (Å²) < 4.78 is 5.95. The van der Waals surface area contributed by atoms with Gasteiger partial charge >= 0.3 is 5.97 Å². The summed E-state index contributed by atoms with van der Waals surface area (Å²) in [5.74, 6) is -0.153. The summed E-state index contributed by atoms with van der Waals surface area (Å²) in [5.41, 5.74) is 2.18. The van der Waals surface area contributed by atoms with Crippen LogP contribution in [0.2, 0.25) is 5.02 Å². The second kappa shape index (κ2) is 9.07. The Kier molecular flexibility index (Phi) is 6.26. The zero-order valence-electron chi connectivity index (χ0n) is 17.1. The number of nitrogens with zero attached hydrogens (tertiary/aromatic N) is 1. The van der Waals surface area contributed by atoms with Gasteiger partial charge in [-0.25, -0.2) is 0 Å². The van der Waals surface area contributed by atoms with Crippen molar-refractivity contribution in [2.24, 2.45) is 5.92 Å². The molecule has 3 aromatic carbocycles. The minimum absolute atomic E-state index is 0.0513. The summed E-state index contributed by atoms with van der Waals surface area (Å²) >= 11 is 6.40. The van der Waals surface area contributed by atoms with Gasteiger partial charge in [-0.3, -0.25) is 9.69 Å². The molecule has 1 N–H and O–H groups in total. The third-order valence-electron chi connectivity index (χ3n) is 5.90. The summed E-state index contributed by atoms with van der Waals surface area (Å²) in [5, 5.41) is 12.5. The van der Waals surface area contributed by atoms with Gasteiger partial charge in [-0.2, -0.15) is 0 Å². The highest BCUT2D eigenvalue weighted by atomic mass is 35.5. The summed E-state index contributed by atoms with van der Waals surface area (Å²) in [6, 6.07) is 20.6. The predicted molar refractivity (Wildman–Crippen MR) is 120 cm³/mol. The molecular formula is C25H26ClNO3. The van der Waals surface area contributed by atoms with Crippen LogP contribution < -0.4 is 4.74 Å². The molecule has 0 radical (unpaired) electrons. The van der Waals surface area contributed by atoms with Crippen molar-refractivity contribution in [1.82, 2.24) is 4.90 Å². The number of carboxylic acids is 1. The molecule has 5 heteroatoms. The molecule has 1 fully saturated rings. The van der Waals surface area contributed by atoms with Gasteiger partial charge in [-0.15, -0.1) is 0 Å². The van der Waals surface area contributed by atoms with Crippen LogP contribution in [0.5, 0.6) is 5.75 Å². The van der Waals surface area contributed by atoms with Gasteiger partial charge in [-0.1, -0.05) is 48.0 Å². The first kappa shape index (κ1) is 20.7. The van der Waals surface area contributed by atoms with E-state index >= 15 is 0 Å². The number of hydrogen-bond donors (Lipinski definition) is 1. The number of rotatable bonds is 6. The van der Waals surface area contributed by atoms with Gasteiger partial charge in [0.1, 0.15) is 5.75 Å². The molecular weight excluding hydrogens is 398 g/mol.